The van der Waals surface area contributed by atoms with Gasteiger partial charge in [-0.1, -0.05) is 39.5 Å². The third kappa shape index (κ3) is 5.62. The average molecular weight is 233 g/mol. The van der Waals surface area contributed by atoms with Gasteiger partial charge in [-0.15, -0.1) is 0 Å². The summed E-state index contributed by atoms with van der Waals surface area (Å²) in [6.07, 6.45) is 9.55. The minimum absolute atomic E-state index is 0.360. The van der Waals surface area contributed by atoms with E-state index in [2.05, 4.69) is 18.8 Å². The number of nitrogens with zero attached hydrogens (tertiary/aromatic N) is 1. The molecule has 0 aliphatic rings. The summed E-state index contributed by atoms with van der Waals surface area (Å²) in [4.78, 5) is 15.9. The van der Waals surface area contributed by atoms with Crippen LogP contribution < -0.4 is 0 Å². The summed E-state index contributed by atoms with van der Waals surface area (Å²) in [5.41, 5.74) is 1.08. The van der Waals surface area contributed by atoms with E-state index in [1.54, 1.807) is 12.4 Å². The van der Waals surface area contributed by atoms with Gasteiger partial charge in [-0.2, -0.15) is 0 Å². The zero-order valence-electron chi connectivity index (χ0n) is 11.0. The SMILES string of the molecule is CCCCC(CC)CC(=O)Cc1ccncc1. The number of hydrogen-bond donors (Lipinski definition) is 0. The normalized spacial score (nSPS) is 12.4. The zero-order valence-corrected chi connectivity index (χ0v) is 11.0. The van der Waals surface area contributed by atoms with Crippen molar-refractivity contribution >= 4 is 5.78 Å². The maximum absolute atomic E-state index is 11.9. The number of unbranched alkanes of at least 4 members (excludes halogenated alkanes) is 1. The van der Waals surface area contributed by atoms with E-state index < -0.39 is 0 Å². The van der Waals surface area contributed by atoms with E-state index in [4.69, 9.17) is 0 Å². The Kier molecular flexibility index (Phi) is 6.53. The molecule has 0 saturated heterocycles. The molecule has 2 heteroatoms. The Balaban J connectivity index is 2.37. The Labute approximate surface area is 104 Å². The molecule has 0 N–H and O–H groups in total. The van der Waals surface area contributed by atoms with Crippen LogP contribution in [-0.2, 0) is 11.2 Å². The van der Waals surface area contributed by atoms with Gasteiger partial charge >= 0.3 is 0 Å². The fourth-order valence-corrected chi connectivity index (χ4v) is 2.07. The minimum Gasteiger partial charge on any atom is -0.299 e. The predicted octanol–water partition coefficient (Wildman–Crippen LogP) is 3.80. The van der Waals surface area contributed by atoms with Crippen LogP contribution in [0.15, 0.2) is 24.5 Å². The van der Waals surface area contributed by atoms with Crippen LogP contribution in [0.2, 0.25) is 0 Å². The molecule has 0 radical (unpaired) electrons. The van der Waals surface area contributed by atoms with Crippen LogP contribution in [0, 0.1) is 5.92 Å². The van der Waals surface area contributed by atoms with Crippen molar-refractivity contribution in [3.05, 3.63) is 30.1 Å². The van der Waals surface area contributed by atoms with Crippen LogP contribution in [0.5, 0.6) is 0 Å². The molecule has 1 aromatic heterocycles. The molecule has 1 aromatic rings. The Bertz CT molecular complexity index is 321. The average Bonchev–Trinajstić information content (AvgIpc) is 2.35. The van der Waals surface area contributed by atoms with E-state index in [1.807, 2.05) is 12.1 Å². The van der Waals surface area contributed by atoms with Crippen molar-refractivity contribution in [2.75, 3.05) is 0 Å². The van der Waals surface area contributed by atoms with E-state index >= 15 is 0 Å². The van der Waals surface area contributed by atoms with Crippen LogP contribution in [-0.4, -0.2) is 10.8 Å². The highest BCUT2D eigenvalue weighted by molar-refractivity contribution is 5.81. The predicted molar refractivity (Wildman–Crippen MR) is 70.9 cm³/mol. The highest BCUT2D eigenvalue weighted by Crippen LogP contribution is 2.17. The van der Waals surface area contributed by atoms with E-state index in [1.165, 1.54) is 19.3 Å². The largest absolute Gasteiger partial charge is 0.299 e. The number of Topliss-reactive ketones (excluding diaryl/α,β-unsaturated/α-hetero) is 1. The van der Waals surface area contributed by atoms with Crippen molar-refractivity contribution < 1.29 is 4.79 Å². The number of ketones is 1. The highest BCUT2D eigenvalue weighted by atomic mass is 16.1. The maximum atomic E-state index is 11.9. The first-order valence-electron chi connectivity index (χ1n) is 6.66. The van der Waals surface area contributed by atoms with Gasteiger partial charge < -0.3 is 0 Å². The van der Waals surface area contributed by atoms with E-state index in [0.29, 0.717) is 18.1 Å². The summed E-state index contributed by atoms with van der Waals surface area (Å²) in [6.45, 7) is 4.38. The number of aromatic nitrogens is 1. The fourth-order valence-electron chi connectivity index (χ4n) is 2.07. The van der Waals surface area contributed by atoms with Gasteiger partial charge in [0, 0.05) is 25.2 Å². The first-order chi connectivity index (χ1) is 8.26. The van der Waals surface area contributed by atoms with Crippen molar-refractivity contribution in [1.29, 1.82) is 0 Å². The molecule has 0 aliphatic carbocycles. The van der Waals surface area contributed by atoms with Crippen LogP contribution >= 0.6 is 0 Å². The van der Waals surface area contributed by atoms with Gasteiger partial charge in [0.1, 0.15) is 5.78 Å². The molecule has 1 heterocycles. The van der Waals surface area contributed by atoms with Gasteiger partial charge in [-0.25, -0.2) is 0 Å². The smallest absolute Gasteiger partial charge is 0.137 e. The first-order valence-corrected chi connectivity index (χ1v) is 6.66. The monoisotopic (exact) mass is 233 g/mol. The van der Waals surface area contributed by atoms with Crippen molar-refractivity contribution in [3.8, 4) is 0 Å². The lowest BCUT2D eigenvalue weighted by Gasteiger charge is -2.13. The number of carbonyl (C=O) groups is 1. The van der Waals surface area contributed by atoms with Gasteiger partial charge in [-0.3, -0.25) is 9.78 Å². The summed E-state index contributed by atoms with van der Waals surface area (Å²) in [5, 5.41) is 0. The second-order valence-electron chi connectivity index (χ2n) is 4.69. The van der Waals surface area contributed by atoms with E-state index in [-0.39, 0.29) is 0 Å². The molecular formula is C15H23NO. The summed E-state index contributed by atoms with van der Waals surface area (Å²) < 4.78 is 0. The maximum Gasteiger partial charge on any atom is 0.137 e. The summed E-state index contributed by atoms with van der Waals surface area (Å²) >= 11 is 0. The van der Waals surface area contributed by atoms with Crippen LogP contribution in [0.3, 0.4) is 0 Å². The van der Waals surface area contributed by atoms with Crippen LogP contribution in [0.25, 0.3) is 0 Å². The van der Waals surface area contributed by atoms with Gasteiger partial charge in [0.15, 0.2) is 0 Å². The molecule has 0 aliphatic heterocycles. The lowest BCUT2D eigenvalue weighted by atomic mass is 9.92. The highest BCUT2D eigenvalue weighted by Gasteiger charge is 2.12. The molecule has 0 bridgehead atoms. The molecule has 17 heavy (non-hydrogen) atoms. The third-order valence-electron chi connectivity index (χ3n) is 3.21. The number of carbonyl (C=O) groups excluding carboxylic acids is 1. The molecule has 94 valence electrons. The Morgan fingerprint density at radius 3 is 2.59 bits per heavy atom. The van der Waals surface area contributed by atoms with Gasteiger partial charge in [0.25, 0.3) is 0 Å². The van der Waals surface area contributed by atoms with Gasteiger partial charge in [0.05, 0.1) is 0 Å². The summed E-state index contributed by atoms with van der Waals surface area (Å²) in [6, 6.07) is 3.84. The molecule has 1 unspecified atom stereocenters. The number of pyridine rings is 1. The first kappa shape index (κ1) is 13.9. The molecule has 0 spiro atoms. The minimum atomic E-state index is 0.360. The van der Waals surface area contributed by atoms with Crippen molar-refractivity contribution in [1.82, 2.24) is 4.98 Å². The van der Waals surface area contributed by atoms with E-state index in [9.17, 15) is 4.79 Å². The molecule has 1 rings (SSSR count). The summed E-state index contributed by atoms with van der Waals surface area (Å²) in [7, 11) is 0. The molecule has 0 fully saturated rings. The number of hydrogen-bond acceptors (Lipinski definition) is 2. The lowest BCUT2D eigenvalue weighted by Crippen LogP contribution is -2.10. The standard InChI is InChI=1S/C15H23NO/c1-3-5-6-13(4-2)11-15(17)12-14-7-9-16-10-8-14/h7-10,13H,3-6,11-12H2,1-2H3. The second-order valence-corrected chi connectivity index (χ2v) is 4.69. The van der Waals surface area contributed by atoms with Gasteiger partial charge in [0.2, 0.25) is 0 Å². The van der Waals surface area contributed by atoms with Crippen LogP contribution in [0.4, 0.5) is 0 Å². The molecule has 0 aromatic carbocycles. The molecule has 2 nitrogen and oxygen atoms in total. The molecule has 0 amide bonds. The Morgan fingerprint density at radius 2 is 2.00 bits per heavy atom. The Hall–Kier alpha value is -1.18. The van der Waals surface area contributed by atoms with Crippen LogP contribution in [0.1, 0.15) is 51.5 Å². The van der Waals surface area contributed by atoms with E-state index in [0.717, 1.165) is 18.4 Å². The molecular weight excluding hydrogens is 210 g/mol. The molecule has 1 atom stereocenters. The summed E-state index contributed by atoms with van der Waals surface area (Å²) in [5.74, 6) is 0.934. The van der Waals surface area contributed by atoms with Crippen molar-refractivity contribution in [2.45, 2.75) is 52.4 Å². The Morgan fingerprint density at radius 1 is 1.29 bits per heavy atom. The van der Waals surface area contributed by atoms with Crippen molar-refractivity contribution in [3.63, 3.8) is 0 Å². The van der Waals surface area contributed by atoms with Crippen molar-refractivity contribution in [2.24, 2.45) is 5.92 Å². The second kappa shape index (κ2) is 7.99. The third-order valence-corrected chi connectivity index (χ3v) is 3.21. The fraction of sp³-hybridized carbons (Fsp3) is 0.600. The quantitative estimate of drug-likeness (QED) is 0.683. The topological polar surface area (TPSA) is 30.0 Å². The zero-order chi connectivity index (χ0) is 12.5. The van der Waals surface area contributed by atoms with Gasteiger partial charge in [-0.05, 0) is 23.6 Å². The number of rotatable bonds is 8. The lowest BCUT2D eigenvalue weighted by molar-refractivity contribution is -0.119. The molecule has 0 saturated carbocycles.